The Hall–Kier alpha value is -0.160. The molecule has 0 heterocycles. The van der Waals surface area contributed by atoms with Gasteiger partial charge >= 0.3 is 0 Å². The van der Waals surface area contributed by atoms with Gasteiger partial charge in [-0.2, -0.15) is 0 Å². The van der Waals surface area contributed by atoms with Crippen molar-refractivity contribution in [3.63, 3.8) is 0 Å². The fraction of sp³-hybridized carbons (Fsp3) is 1.00. The molecule has 104 valence electrons. The van der Waals surface area contributed by atoms with Crippen molar-refractivity contribution in [1.29, 1.82) is 0 Å². The standard InChI is InChI=1S/C13H29NO3/c1-13(2,12-14-7-9-15-3)6-5-8-17-11-10-16-4/h14H,5-12H2,1-4H3. The highest BCUT2D eigenvalue weighted by Crippen LogP contribution is 2.20. The molecule has 0 rings (SSSR count). The molecule has 0 fully saturated rings. The molecule has 0 aromatic rings. The molecule has 0 saturated heterocycles. The predicted molar refractivity (Wildman–Crippen MR) is 70.5 cm³/mol. The van der Waals surface area contributed by atoms with Crippen molar-refractivity contribution >= 4 is 0 Å². The molecule has 17 heavy (non-hydrogen) atoms. The maximum atomic E-state index is 5.45. The Morgan fingerprint density at radius 1 is 0.941 bits per heavy atom. The number of nitrogens with one attached hydrogen (secondary N) is 1. The monoisotopic (exact) mass is 247 g/mol. The Morgan fingerprint density at radius 3 is 2.29 bits per heavy atom. The zero-order chi connectivity index (χ0) is 13.0. The van der Waals surface area contributed by atoms with Crippen LogP contribution in [-0.2, 0) is 14.2 Å². The Balaban J connectivity index is 3.37. The number of hydrogen-bond donors (Lipinski definition) is 1. The molecule has 1 N–H and O–H groups in total. The van der Waals surface area contributed by atoms with Crippen molar-refractivity contribution in [3.05, 3.63) is 0 Å². The van der Waals surface area contributed by atoms with Crippen molar-refractivity contribution in [1.82, 2.24) is 5.32 Å². The summed E-state index contributed by atoms with van der Waals surface area (Å²) in [6.07, 6.45) is 2.27. The average Bonchev–Trinajstić information content (AvgIpc) is 2.29. The SMILES string of the molecule is COCCNCC(C)(C)CCCOCCOC. The molecule has 0 aliphatic rings. The average molecular weight is 247 g/mol. The van der Waals surface area contributed by atoms with Crippen LogP contribution in [0.25, 0.3) is 0 Å². The van der Waals surface area contributed by atoms with Gasteiger partial charge in [-0.25, -0.2) is 0 Å². The van der Waals surface area contributed by atoms with E-state index < -0.39 is 0 Å². The third kappa shape index (κ3) is 12.1. The molecule has 4 heteroatoms. The van der Waals surface area contributed by atoms with Crippen molar-refractivity contribution < 1.29 is 14.2 Å². The lowest BCUT2D eigenvalue weighted by atomic mass is 9.88. The summed E-state index contributed by atoms with van der Waals surface area (Å²) in [6, 6.07) is 0. The second-order valence-electron chi connectivity index (χ2n) is 5.04. The minimum Gasteiger partial charge on any atom is -0.383 e. The fourth-order valence-electron chi connectivity index (χ4n) is 1.59. The van der Waals surface area contributed by atoms with Gasteiger partial charge in [0.05, 0.1) is 19.8 Å². The summed E-state index contributed by atoms with van der Waals surface area (Å²) in [5.74, 6) is 0. The Labute approximate surface area is 106 Å². The van der Waals surface area contributed by atoms with Crippen LogP contribution in [0.4, 0.5) is 0 Å². The first-order valence-electron chi connectivity index (χ1n) is 6.39. The van der Waals surface area contributed by atoms with E-state index in [1.54, 1.807) is 14.2 Å². The Morgan fingerprint density at radius 2 is 1.65 bits per heavy atom. The molecule has 0 aliphatic heterocycles. The molecular formula is C13H29NO3. The summed E-state index contributed by atoms with van der Waals surface area (Å²) >= 11 is 0. The zero-order valence-electron chi connectivity index (χ0n) is 11.9. The summed E-state index contributed by atoms with van der Waals surface area (Å²) in [5, 5.41) is 3.40. The lowest BCUT2D eigenvalue weighted by Crippen LogP contribution is -2.31. The van der Waals surface area contributed by atoms with Crippen LogP contribution in [0.15, 0.2) is 0 Å². The summed E-state index contributed by atoms with van der Waals surface area (Å²) in [6.45, 7) is 9.48. The Bertz CT molecular complexity index is 163. The van der Waals surface area contributed by atoms with Gasteiger partial charge in [0.2, 0.25) is 0 Å². The lowest BCUT2D eigenvalue weighted by molar-refractivity contribution is 0.0648. The van der Waals surface area contributed by atoms with E-state index >= 15 is 0 Å². The number of hydrogen-bond acceptors (Lipinski definition) is 4. The Kier molecular flexibility index (Phi) is 10.9. The minimum absolute atomic E-state index is 0.318. The first-order valence-corrected chi connectivity index (χ1v) is 6.39. The minimum atomic E-state index is 0.318. The first-order chi connectivity index (χ1) is 8.12. The van der Waals surface area contributed by atoms with Gasteiger partial charge in [0.1, 0.15) is 0 Å². The molecular weight excluding hydrogens is 218 g/mol. The third-order valence-corrected chi connectivity index (χ3v) is 2.66. The van der Waals surface area contributed by atoms with E-state index in [0.717, 1.165) is 32.7 Å². The maximum absolute atomic E-state index is 5.45. The summed E-state index contributed by atoms with van der Waals surface area (Å²) in [5.41, 5.74) is 0.318. The van der Waals surface area contributed by atoms with Crippen LogP contribution in [-0.4, -0.2) is 53.7 Å². The smallest absolute Gasteiger partial charge is 0.0700 e. The van der Waals surface area contributed by atoms with Gasteiger partial charge in [0.25, 0.3) is 0 Å². The van der Waals surface area contributed by atoms with Crippen molar-refractivity contribution in [2.24, 2.45) is 5.41 Å². The number of ether oxygens (including phenoxy) is 3. The van der Waals surface area contributed by atoms with Crippen LogP contribution in [0.2, 0.25) is 0 Å². The van der Waals surface area contributed by atoms with E-state index in [1.165, 1.54) is 6.42 Å². The van der Waals surface area contributed by atoms with E-state index in [-0.39, 0.29) is 0 Å². The van der Waals surface area contributed by atoms with Crippen LogP contribution < -0.4 is 5.32 Å². The largest absolute Gasteiger partial charge is 0.383 e. The van der Waals surface area contributed by atoms with Crippen LogP contribution in [0, 0.1) is 5.41 Å². The van der Waals surface area contributed by atoms with E-state index in [0.29, 0.717) is 18.6 Å². The lowest BCUT2D eigenvalue weighted by Gasteiger charge is -2.25. The van der Waals surface area contributed by atoms with Crippen LogP contribution in [0.1, 0.15) is 26.7 Å². The van der Waals surface area contributed by atoms with Crippen LogP contribution >= 0.6 is 0 Å². The molecule has 0 saturated carbocycles. The molecule has 4 nitrogen and oxygen atoms in total. The van der Waals surface area contributed by atoms with Gasteiger partial charge < -0.3 is 19.5 Å². The zero-order valence-corrected chi connectivity index (χ0v) is 11.9. The molecule has 0 radical (unpaired) electrons. The van der Waals surface area contributed by atoms with Gasteiger partial charge in [0, 0.05) is 33.9 Å². The summed E-state index contributed by atoms with van der Waals surface area (Å²) in [7, 11) is 3.42. The highest BCUT2D eigenvalue weighted by Gasteiger charge is 2.16. The molecule has 0 aromatic carbocycles. The topological polar surface area (TPSA) is 39.7 Å². The highest BCUT2D eigenvalue weighted by molar-refractivity contribution is 4.71. The van der Waals surface area contributed by atoms with Gasteiger partial charge in [-0.05, 0) is 18.3 Å². The van der Waals surface area contributed by atoms with Crippen molar-refractivity contribution in [2.75, 3.05) is 53.7 Å². The van der Waals surface area contributed by atoms with E-state index in [1.807, 2.05) is 0 Å². The maximum Gasteiger partial charge on any atom is 0.0700 e. The quantitative estimate of drug-likeness (QED) is 0.533. The molecule has 0 spiro atoms. The van der Waals surface area contributed by atoms with E-state index in [4.69, 9.17) is 14.2 Å². The van der Waals surface area contributed by atoms with E-state index in [2.05, 4.69) is 19.2 Å². The normalized spacial score (nSPS) is 12.0. The van der Waals surface area contributed by atoms with Crippen LogP contribution in [0.3, 0.4) is 0 Å². The second-order valence-corrected chi connectivity index (χ2v) is 5.04. The van der Waals surface area contributed by atoms with Gasteiger partial charge in [-0.1, -0.05) is 13.8 Å². The summed E-state index contributed by atoms with van der Waals surface area (Å²) in [4.78, 5) is 0. The van der Waals surface area contributed by atoms with Gasteiger partial charge in [0.15, 0.2) is 0 Å². The van der Waals surface area contributed by atoms with E-state index in [9.17, 15) is 0 Å². The second kappa shape index (κ2) is 11.0. The van der Waals surface area contributed by atoms with Gasteiger partial charge in [-0.3, -0.25) is 0 Å². The highest BCUT2D eigenvalue weighted by atomic mass is 16.5. The number of methoxy groups -OCH3 is 2. The molecule has 0 amide bonds. The summed E-state index contributed by atoms with van der Waals surface area (Å²) < 4.78 is 15.4. The third-order valence-electron chi connectivity index (χ3n) is 2.66. The first kappa shape index (κ1) is 16.8. The van der Waals surface area contributed by atoms with Crippen molar-refractivity contribution in [2.45, 2.75) is 26.7 Å². The molecule has 0 aromatic heterocycles. The predicted octanol–water partition coefficient (Wildman–Crippen LogP) is 1.69. The molecule has 0 atom stereocenters. The molecule has 0 aliphatic carbocycles. The molecule has 0 unspecified atom stereocenters. The fourth-order valence-corrected chi connectivity index (χ4v) is 1.59. The number of rotatable bonds is 12. The van der Waals surface area contributed by atoms with Crippen molar-refractivity contribution in [3.8, 4) is 0 Å². The van der Waals surface area contributed by atoms with Crippen LogP contribution in [0.5, 0.6) is 0 Å². The molecule has 0 bridgehead atoms. The van der Waals surface area contributed by atoms with Gasteiger partial charge in [-0.15, -0.1) is 0 Å².